The molecule has 0 aromatic carbocycles. The molecule has 1 aromatic rings. The van der Waals surface area contributed by atoms with Gasteiger partial charge in [-0.25, -0.2) is 4.79 Å². The predicted molar refractivity (Wildman–Crippen MR) is 78.7 cm³/mol. The Morgan fingerprint density at radius 3 is 2.57 bits per heavy atom. The minimum Gasteiger partial charge on any atom is -0.388 e. The highest BCUT2D eigenvalue weighted by molar-refractivity contribution is 5.74. The highest BCUT2D eigenvalue weighted by Gasteiger charge is 2.28. The van der Waals surface area contributed by atoms with Gasteiger partial charge in [0.25, 0.3) is 0 Å². The van der Waals surface area contributed by atoms with E-state index in [9.17, 15) is 9.90 Å². The maximum Gasteiger partial charge on any atom is 0.315 e. The summed E-state index contributed by atoms with van der Waals surface area (Å²) in [6.45, 7) is 9.50. The number of carbonyl (C=O) groups is 1. The van der Waals surface area contributed by atoms with Crippen LogP contribution in [0.1, 0.15) is 58.3 Å². The zero-order valence-electron chi connectivity index (χ0n) is 13.4. The summed E-state index contributed by atoms with van der Waals surface area (Å²) in [6, 6.07) is -0.663. The molecule has 1 aromatic heterocycles. The molecule has 0 saturated heterocycles. The highest BCUT2D eigenvalue weighted by atomic mass is 16.5. The Kier molecular flexibility index (Phi) is 6.14. The van der Waals surface area contributed by atoms with Crippen LogP contribution in [0.25, 0.3) is 0 Å². The van der Waals surface area contributed by atoms with Gasteiger partial charge in [0.1, 0.15) is 0 Å². The van der Waals surface area contributed by atoms with Crippen molar-refractivity contribution in [3.8, 4) is 0 Å². The van der Waals surface area contributed by atoms with Gasteiger partial charge >= 0.3 is 6.03 Å². The average Bonchev–Trinajstić information content (AvgIpc) is 2.88. The molecule has 21 heavy (non-hydrogen) atoms. The third kappa shape index (κ3) is 5.00. The first kappa shape index (κ1) is 17.4. The van der Waals surface area contributed by atoms with Gasteiger partial charge in [-0.3, -0.25) is 0 Å². The Morgan fingerprint density at radius 2 is 2.10 bits per heavy atom. The number of urea groups is 1. The largest absolute Gasteiger partial charge is 0.388 e. The second kappa shape index (κ2) is 7.40. The molecular formula is C14H26N4O3. The molecule has 0 aliphatic rings. The molecule has 3 unspecified atom stereocenters. The summed E-state index contributed by atoms with van der Waals surface area (Å²) < 4.78 is 4.92. The van der Waals surface area contributed by atoms with Crippen LogP contribution in [0.5, 0.6) is 0 Å². The SMILES string of the molecule is CCC(NC(=O)NCC(C)(O)C(C)CC)c1noc(C)n1. The van der Waals surface area contributed by atoms with E-state index in [2.05, 4.69) is 20.8 Å². The van der Waals surface area contributed by atoms with Crippen LogP contribution in [-0.4, -0.2) is 33.4 Å². The van der Waals surface area contributed by atoms with E-state index < -0.39 is 5.60 Å². The molecule has 3 atom stereocenters. The van der Waals surface area contributed by atoms with Crippen molar-refractivity contribution in [1.29, 1.82) is 0 Å². The van der Waals surface area contributed by atoms with Crippen molar-refractivity contribution in [1.82, 2.24) is 20.8 Å². The van der Waals surface area contributed by atoms with Crippen LogP contribution >= 0.6 is 0 Å². The zero-order chi connectivity index (χ0) is 16.0. The lowest BCUT2D eigenvalue weighted by Crippen LogP contribution is -2.48. The lowest BCUT2D eigenvalue weighted by atomic mass is 9.89. The summed E-state index contributed by atoms with van der Waals surface area (Å²) in [5.74, 6) is 1.02. The monoisotopic (exact) mass is 298 g/mol. The van der Waals surface area contributed by atoms with Crippen molar-refractivity contribution < 1.29 is 14.4 Å². The van der Waals surface area contributed by atoms with E-state index in [-0.39, 0.29) is 24.5 Å². The van der Waals surface area contributed by atoms with Crippen molar-refractivity contribution in [2.24, 2.45) is 5.92 Å². The minimum atomic E-state index is -0.934. The van der Waals surface area contributed by atoms with Gasteiger partial charge in [0.2, 0.25) is 5.89 Å². The molecule has 0 spiro atoms. The van der Waals surface area contributed by atoms with E-state index in [1.807, 2.05) is 20.8 Å². The number of hydrogen-bond donors (Lipinski definition) is 3. The van der Waals surface area contributed by atoms with Gasteiger partial charge in [0.15, 0.2) is 5.82 Å². The summed E-state index contributed by atoms with van der Waals surface area (Å²) in [5, 5.41) is 19.5. The topological polar surface area (TPSA) is 100 Å². The second-order valence-corrected chi connectivity index (χ2v) is 5.63. The Hall–Kier alpha value is -1.63. The van der Waals surface area contributed by atoms with Crippen LogP contribution in [0.15, 0.2) is 4.52 Å². The van der Waals surface area contributed by atoms with Gasteiger partial charge in [-0.1, -0.05) is 32.3 Å². The van der Waals surface area contributed by atoms with Crippen LogP contribution in [0.3, 0.4) is 0 Å². The molecule has 0 bridgehead atoms. The number of nitrogens with zero attached hydrogens (tertiary/aromatic N) is 2. The molecule has 7 heteroatoms. The summed E-state index contributed by atoms with van der Waals surface area (Å²) in [7, 11) is 0. The quantitative estimate of drug-likeness (QED) is 0.714. The van der Waals surface area contributed by atoms with Crippen molar-refractivity contribution in [3.63, 3.8) is 0 Å². The first-order valence-corrected chi connectivity index (χ1v) is 7.37. The molecule has 7 nitrogen and oxygen atoms in total. The van der Waals surface area contributed by atoms with E-state index >= 15 is 0 Å². The zero-order valence-corrected chi connectivity index (χ0v) is 13.4. The van der Waals surface area contributed by atoms with E-state index in [4.69, 9.17) is 4.52 Å². The summed E-state index contributed by atoms with van der Waals surface area (Å²) in [5.41, 5.74) is -0.934. The smallest absolute Gasteiger partial charge is 0.315 e. The molecule has 120 valence electrons. The van der Waals surface area contributed by atoms with Crippen molar-refractivity contribution in [2.45, 2.75) is 59.1 Å². The Balaban J connectivity index is 2.52. The number of rotatable bonds is 7. The van der Waals surface area contributed by atoms with Gasteiger partial charge in [0.05, 0.1) is 11.6 Å². The first-order valence-electron chi connectivity index (χ1n) is 7.37. The number of nitrogens with one attached hydrogen (secondary N) is 2. The molecule has 0 aliphatic carbocycles. The van der Waals surface area contributed by atoms with Crippen molar-refractivity contribution in [2.75, 3.05) is 6.54 Å². The lowest BCUT2D eigenvalue weighted by molar-refractivity contribution is 0.00782. The molecule has 2 amide bonds. The number of hydrogen-bond acceptors (Lipinski definition) is 5. The van der Waals surface area contributed by atoms with E-state index in [1.165, 1.54) is 0 Å². The number of aryl methyl sites for hydroxylation is 1. The van der Waals surface area contributed by atoms with Crippen LogP contribution in [0, 0.1) is 12.8 Å². The van der Waals surface area contributed by atoms with Gasteiger partial charge in [-0.05, 0) is 19.3 Å². The molecule has 0 aliphatic heterocycles. The fourth-order valence-electron chi connectivity index (χ4n) is 1.89. The molecule has 1 rings (SSSR count). The van der Waals surface area contributed by atoms with Gasteiger partial charge in [-0.15, -0.1) is 0 Å². The molecule has 0 fully saturated rings. The Bertz CT molecular complexity index is 459. The van der Waals surface area contributed by atoms with E-state index in [0.29, 0.717) is 18.1 Å². The standard InChI is InChI=1S/C14H26N4O3/c1-6-9(3)14(5,20)8-15-13(19)17-11(7-2)12-16-10(4)21-18-12/h9,11,20H,6-8H2,1-5H3,(H2,15,17,19). The van der Waals surface area contributed by atoms with Crippen LogP contribution < -0.4 is 10.6 Å². The normalized spacial score (nSPS) is 16.9. The summed E-state index contributed by atoms with van der Waals surface area (Å²) in [4.78, 5) is 16.0. The van der Waals surface area contributed by atoms with Gasteiger partial charge < -0.3 is 20.3 Å². The number of amides is 2. The van der Waals surface area contributed by atoms with Crippen LogP contribution in [-0.2, 0) is 0 Å². The van der Waals surface area contributed by atoms with Crippen molar-refractivity contribution in [3.05, 3.63) is 11.7 Å². The number of aromatic nitrogens is 2. The molecule has 1 heterocycles. The van der Waals surface area contributed by atoms with Crippen LogP contribution in [0.4, 0.5) is 4.79 Å². The van der Waals surface area contributed by atoms with Gasteiger partial charge in [0, 0.05) is 13.5 Å². The fourth-order valence-corrected chi connectivity index (χ4v) is 1.89. The summed E-state index contributed by atoms with van der Waals surface area (Å²) >= 11 is 0. The van der Waals surface area contributed by atoms with E-state index in [0.717, 1.165) is 6.42 Å². The Labute approximate surface area is 125 Å². The van der Waals surface area contributed by atoms with Crippen molar-refractivity contribution >= 4 is 6.03 Å². The van der Waals surface area contributed by atoms with E-state index in [1.54, 1.807) is 13.8 Å². The lowest BCUT2D eigenvalue weighted by Gasteiger charge is -2.30. The fraction of sp³-hybridized carbons (Fsp3) is 0.786. The minimum absolute atomic E-state index is 0.0969. The van der Waals surface area contributed by atoms with Gasteiger partial charge in [-0.2, -0.15) is 4.98 Å². The molecule has 0 radical (unpaired) electrons. The summed E-state index contributed by atoms with van der Waals surface area (Å²) in [6.07, 6.45) is 1.49. The predicted octanol–water partition coefficient (Wildman–Crippen LogP) is 1.93. The first-order chi connectivity index (χ1) is 9.80. The second-order valence-electron chi connectivity index (χ2n) is 5.63. The highest BCUT2D eigenvalue weighted by Crippen LogP contribution is 2.19. The molecule has 0 saturated carbocycles. The average molecular weight is 298 g/mol. The molecular weight excluding hydrogens is 272 g/mol. The Morgan fingerprint density at radius 1 is 1.43 bits per heavy atom. The maximum atomic E-state index is 11.9. The number of aliphatic hydroxyl groups is 1. The molecule has 3 N–H and O–H groups in total. The number of carbonyl (C=O) groups excluding carboxylic acids is 1. The third-order valence-corrected chi connectivity index (χ3v) is 3.85. The van der Waals surface area contributed by atoms with Crippen LogP contribution in [0.2, 0.25) is 0 Å². The third-order valence-electron chi connectivity index (χ3n) is 3.85. The maximum absolute atomic E-state index is 11.9.